The van der Waals surface area contributed by atoms with Gasteiger partial charge < -0.3 is 4.74 Å². The molecule has 0 bridgehead atoms. The average molecular weight is 538 g/mol. The third-order valence-corrected chi connectivity index (χ3v) is 7.84. The number of benzene rings is 4. The number of hydrogen-bond acceptors (Lipinski definition) is 4. The van der Waals surface area contributed by atoms with Crippen molar-refractivity contribution in [3.05, 3.63) is 138 Å². The van der Waals surface area contributed by atoms with Gasteiger partial charge in [-0.05, 0) is 42.2 Å². The fourth-order valence-corrected chi connectivity index (χ4v) is 5.46. The van der Waals surface area contributed by atoms with E-state index in [0.29, 0.717) is 13.2 Å². The first-order valence-corrected chi connectivity index (χ1v) is 14.4. The second kappa shape index (κ2) is 12.1. The van der Waals surface area contributed by atoms with Crippen LogP contribution in [-0.4, -0.2) is 18.2 Å². The summed E-state index contributed by atoms with van der Waals surface area (Å²) in [6.45, 7) is 3.30. The van der Waals surface area contributed by atoms with E-state index < -0.39 is 10.0 Å². The molecule has 198 valence electrons. The van der Waals surface area contributed by atoms with Crippen molar-refractivity contribution in [3.63, 3.8) is 0 Å². The fraction of sp³-hybridized carbons (Fsp3) is 0.156. The van der Waals surface area contributed by atoms with Crippen LogP contribution in [0.3, 0.4) is 0 Å². The van der Waals surface area contributed by atoms with Gasteiger partial charge in [0.15, 0.2) is 5.82 Å². The van der Waals surface area contributed by atoms with E-state index in [2.05, 4.69) is 16.9 Å². The lowest BCUT2D eigenvalue weighted by molar-refractivity contribution is 0.101. The maximum atomic E-state index is 13.3. The molecule has 0 aliphatic rings. The van der Waals surface area contributed by atoms with Crippen LogP contribution in [0.25, 0.3) is 11.1 Å². The highest BCUT2D eigenvalue weighted by atomic mass is 32.2. The molecule has 0 saturated heterocycles. The number of aromatic nitrogens is 2. The summed E-state index contributed by atoms with van der Waals surface area (Å²) >= 11 is 0. The summed E-state index contributed by atoms with van der Waals surface area (Å²) in [5.74, 6) is 0.286. The van der Waals surface area contributed by atoms with Gasteiger partial charge >= 0.3 is 0 Å². The topological polar surface area (TPSA) is 73.2 Å². The third-order valence-electron chi connectivity index (χ3n) is 6.49. The Hall–Kier alpha value is -4.20. The molecule has 39 heavy (non-hydrogen) atoms. The van der Waals surface area contributed by atoms with Gasteiger partial charge in [0, 0.05) is 6.54 Å². The zero-order valence-corrected chi connectivity index (χ0v) is 22.6. The van der Waals surface area contributed by atoms with E-state index in [4.69, 9.17) is 9.84 Å². The Morgan fingerprint density at radius 2 is 1.33 bits per heavy atom. The average Bonchev–Trinajstić information content (AvgIpc) is 3.30. The highest BCUT2D eigenvalue weighted by Gasteiger charge is 2.24. The van der Waals surface area contributed by atoms with E-state index in [1.54, 1.807) is 30.3 Å². The lowest BCUT2D eigenvalue weighted by Gasteiger charge is -2.12. The molecule has 4 aromatic carbocycles. The largest absolute Gasteiger partial charge is 0.370 e. The van der Waals surface area contributed by atoms with Crippen molar-refractivity contribution in [2.24, 2.45) is 0 Å². The third kappa shape index (κ3) is 6.63. The Bertz CT molecular complexity index is 1600. The zero-order chi connectivity index (χ0) is 27.1. The van der Waals surface area contributed by atoms with Crippen molar-refractivity contribution >= 4 is 15.8 Å². The summed E-state index contributed by atoms with van der Waals surface area (Å²) in [7, 11) is -3.85. The molecule has 0 aliphatic heterocycles. The van der Waals surface area contributed by atoms with Crippen molar-refractivity contribution in [2.45, 2.75) is 38.0 Å². The standard InChI is InChI=1S/C32H31N3O3S/c1-25-17-19-28(20-18-25)31-30(24-38-23-27-13-7-3-8-14-27)35(22-21-26-11-5-2-6-12-26)33-32(31)34-39(36,37)29-15-9-4-10-16-29/h2-20H,21-24H2,1H3,(H,33,34). The SMILES string of the molecule is Cc1ccc(-c2c(NS(=O)(=O)c3ccccc3)nn(CCc3ccccc3)c2COCc2ccccc2)cc1. The Kier molecular flexibility index (Phi) is 8.20. The van der Waals surface area contributed by atoms with Crippen molar-refractivity contribution in [3.8, 4) is 11.1 Å². The molecule has 1 heterocycles. The minimum absolute atomic E-state index is 0.181. The lowest BCUT2D eigenvalue weighted by atomic mass is 10.0. The van der Waals surface area contributed by atoms with Crippen molar-refractivity contribution in [2.75, 3.05) is 4.72 Å². The summed E-state index contributed by atoms with van der Waals surface area (Å²) in [6, 6.07) is 36.5. The zero-order valence-electron chi connectivity index (χ0n) is 21.8. The highest BCUT2D eigenvalue weighted by Crippen LogP contribution is 2.34. The van der Waals surface area contributed by atoms with Crippen LogP contribution in [0.1, 0.15) is 22.4 Å². The predicted molar refractivity (Wildman–Crippen MR) is 155 cm³/mol. The normalized spacial score (nSPS) is 11.4. The molecule has 0 saturated carbocycles. The first-order chi connectivity index (χ1) is 19.0. The van der Waals surface area contributed by atoms with E-state index in [1.807, 2.05) is 84.4 Å². The number of aryl methyl sites for hydroxylation is 3. The second-order valence-electron chi connectivity index (χ2n) is 9.39. The van der Waals surface area contributed by atoms with Gasteiger partial charge in [-0.15, -0.1) is 0 Å². The molecule has 7 heteroatoms. The number of nitrogens with zero attached hydrogens (tertiary/aromatic N) is 2. The Morgan fingerprint density at radius 1 is 0.744 bits per heavy atom. The Balaban J connectivity index is 1.55. The Labute approximate surface area is 230 Å². The van der Waals surface area contributed by atoms with Gasteiger partial charge in [-0.3, -0.25) is 9.40 Å². The molecule has 1 N–H and O–H groups in total. The van der Waals surface area contributed by atoms with E-state index in [9.17, 15) is 8.42 Å². The first kappa shape index (κ1) is 26.4. The van der Waals surface area contributed by atoms with Crippen LogP contribution < -0.4 is 4.72 Å². The van der Waals surface area contributed by atoms with E-state index in [1.165, 1.54) is 5.56 Å². The van der Waals surface area contributed by atoms with Crippen LogP contribution in [0.15, 0.2) is 120 Å². The maximum Gasteiger partial charge on any atom is 0.263 e. The maximum absolute atomic E-state index is 13.3. The molecule has 0 spiro atoms. The second-order valence-corrected chi connectivity index (χ2v) is 11.1. The van der Waals surface area contributed by atoms with Crippen LogP contribution in [0, 0.1) is 6.92 Å². The molecule has 0 amide bonds. The molecule has 0 atom stereocenters. The van der Waals surface area contributed by atoms with Gasteiger partial charge in [0.05, 0.1) is 29.4 Å². The molecule has 5 aromatic rings. The van der Waals surface area contributed by atoms with E-state index in [-0.39, 0.29) is 17.3 Å². The van der Waals surface area contributed by atoms with E-state index >= 15 is 0 Å². The minimum Gasteiger partial charge on any atom is -0.370 e. The minimum atomic E-state index is -3.85. The summed E-state index contributed by atoms with van der Waals surface area (Å²) < 4.78 is 37.5. The van der Waals surface area contributed by atoms with Gasteiger partial charge in [0.1, 0.15) is 0 Å². The molecule has 6 nitrogen and oxygen atoms in total. The van der Waals surface area contributed by atoms with Gasteiger partial charge in [0.25, 0.3) is 10.0 Å². The number of nitrogens with one attached hydrogen (secondary N) is 1. The van der Waals surface area contributed by atoms with Crippen molar-refractivity contribution in [1.82, 2.24) is 9.78 Å². The summed E-state index contributed by atoms with van der Waals surface area (Å²) in [5, 5.41) is 4.81. The molecule has 0 radical (unpaired) electrons. The van der Waals surface area contributed by atoms with Crippen LogP contribution in [-0.2, 0) is 40.9 Å². The van der Waals surface area contributed by atoms with Gasteiger partial charge in [0.2, 0.25) is 0 Å². The number of anilines is 1. The van der Waals surface area contributed by atoms with Crippen LogP contribution in [0.5, 0.6) is 0 Å². The van der Waals surface area contributed by atoms with Gasteiger partial charge in [-0.1, -0.05) is 109 Å². The number of sulfonamides is 1. The highest BCUT2D eigenvalue weighted by molar-refractivity contribution is 7.92. The molecule has 0 unspecified atom stereocenters. The molecular weight excluding hydrogens is 506 g/mol. The summed E-state index contributed by atoms with van der Waals surface area (Å²) in [5.41, 5.74) is 5.76. The predicted octanol–water partition coefficient (Wildman–Crippen LogP) is 6.62. The van der Waals surface area contributed by atoms with Gasteiger partial charge in [-0.2, -0.15) is 5.10 Å². The van der Waals surface area contributed by atoms with E-state index in [0.717, 1.165) is 34.4 Å². The summed E-state index contributed by atoms with van der Waals surface area (Å²) in [6.07, 6.45) is 0.742. The monoisotopic (exact) mass is 537 g/mol. The van der Waals surface area contributed by atoms with Crippen LogP contribution in [0.2, 0.25) is 0 Å². The molecular formula is C32H31N3O3S. The molecule has 1 aromatic heterocycles. The van der Waals surface area contributed by atoms with Gasteiger partial charge in [-0.25, -0.2) is 8.42 Å². The fourth-order valence-electron chi connectivity index (χ4n) is 4.43. The molecule has 5 rings (SSSR count). The summed E-state index contributed by atoms with van der Waals surface area (Å²) in [4.78, 5) is 0.181. The van der Waals surface area contributed by atoms with Crippen molar-refractivity contribution in [1.29, 1.82) is 0 Å². The number of hydrogen-bond donors (Lipinski definition) is 1. The molecule has 0 aliphatic carbocycles. The van der Waals surface area contributed by atoms with Crippen LogP contribution >= 0.6 is 0 Å². The number of ether oxygens (including phenoxy) is 1. The smallest absolute Gasteiger partial charge is 0.263 e. The van der Waals surface area contributed by atoms with Crippen LogP contribution in [0.4, 0.5) is 5.82 Å². The molecule has 0 fully saturated rings. The number of rotatable bonds is 11. The van der Waals surface area contributed by atoms with Crippen molar-refractivity contribution < 1.29 is 13.2 Å². The lowest BCUT2D eigenvalue weighted by Crippen LogP contribution is -2.14. The quantitative estimate of drug-likeness (QED) is 0.206. The Morgan fingerprint density at radius 3 is 1.97 bits per heavy atom. The first-order valence-electron chi connectivity index (χ1n) is 12.9.